The second-order valence-electron chi connectivity index (χ2n) is 7.00. The molecule has 0 aliphatic rings. The minimum Gasteiger partial charge on any atom is -0.355 e. The highest BCUT2D eigenvalue weighted by atomic mass is 35.5. The van der Waals surface area contributed by atoms with Gasteiger partial charge in [0.05, 0.1) is 5.39 Å². The van der Waals surface area contributed by atoms with Crippen LogP contribution in [0.2, 0.25) is 5.02 Å². The van der Waals surface area contributed by atoms with E-state index in [4.69, 9.17) is 16.1 Å². The highest BCUT2D eigenvalue weighted by Gasteiger charge is 2.15. The molecule has 2 aromatic heterocycles. The third-order valence-electron chi connectivity index (χ3n) is 4.84. The molecule has 31 heavy (non-hydrogen) atoms. The van der Waals surface area contributed by atoms with Crippen LogP contribution in [0.15, 0.2) is 83.5 Å². The van der Waals surface area contributed by atoms with Gasteiger partial charge in [0, 0.05) is 33.6 Å². The molecule has 1 N–H and O–H groups in total. The molecule has 5 aromatic rings. The Morgan fingerprint density at radius 2 is 1.84 bits per heavy atom. The number of carbonyl (C=O) groups is 1. The van der Waals surface area contributed by atoms with Crippen LogP contribution < -0.4 is 5.32 Å². The predicted octanol–water partition coefficient (Wildman–Crippen LogP) is 6.45. The van der Waals surface area contributed by atoms with E-state index in [2.05, 4.69) is 27.6 Å². The summed E-state index contributed by atoms with van der Waals surface area (Å²) in [6, 6.07) is 22.7. The average Bonchev–Trinajstić information content (AvgIpc) is 3.41. The molecule has 152 valence electrons. The van der Waals surface area contributed by atoms with E-state index in [0.29, 0.717) is 27.0 Å². The SMILES string of the molecule is O=C(Nc1ncc(Cc2ccccc2)s1)c1ccc2noc(-c3ccc(Cl)cc3)c2c1. The summed E-state index contributed by atoms with van der Waals surface area (Å²) in [6.45, 7) is 0. The number of amides is 1. The summed E-state index contributed by atoms with van der Waals surface area (Å²) >= 11 is 7.45. The topological polar surface area (TPSA) is 68.0 Å². The molecule has 7 heteroatoms. The number of fused-ring (bicyclic) bond motifs is 1. The Hall–Kier alpha value is -3.48. The highest BCUT2D eigenvalue weighted by Crippen LogP contribution is 2.30. The summed E-state index contributed by atoms with van der Waals surface area (Å²) in [5.74, 6) is 0.367. The van der Waals surface area contributed by atoms with Gasteiger partial charge in [-0.1, -0.05) is 47.1 Å². The number of carbonyl (C=O) groups excluding carboxylic acids is 1. The standard InChI is InChI=1S/C24H16ClN3O2S/c25-18-9-6-16(7-10-18)22-20-13-17(8-11-21(20)28-30-22)23(29)27-24-26-14-19(31-24)12-15-4-2-1-3-5-15/h1-11,13-14H,12H2,(H,26,27,29). The van der Waals surface area contributed by atoms with Crippen molar-refractivity contribution in [1.29, 1.82) is 0 Å². The molecule has 5 rings (SSSR count). The van der Waals surface area contributed by atoms with Gasteiger partial charge in [0.15, 0.2) is 10.9 Å². The number of hydrogen-bond donors (Lipinski definition) is 1. The van der Waals surface area contributed by atoms with Crippen molar-refractivity contribution in [3.63, 3.8) is 0 Å². The van der Waals surface area contributed by atoms with Gasteiger partial charge in [0.1, 0.15) is 5.52 Å². The number of aromatic nitrogens is 2. The fourth-order valence-electron chi connectivity index (χ4n) is 3.31. The van der Waals surface area contributed by atoms with Crippen molar-refractivity contribution in [3.8, 4) is 11.3 Å². The number of nitrogens with one attached hydrogen (secondary N) is 1. The minimum atomic E-state index is -0.231. The zero-order valence-corrected chi connectivity index (χ0v) is 17.8. The summed E-state index contributed by atoms with van der Waals surface area (Å²) < 4.78 is 5.52. The average molecular weight is 446 g/mol. The van der Waals surface area contributed by atoms with Gasteiger partial charge >= 0.3 is 0 Å². The maximum atomic E-state index is 12.8. The Bertz CT molecular complexity index is 1360. The van der Waals surface area contributed by atoms with Gasteiger partial charge in [-0.2, -0.15) is 0 Å². The number of anilines is 1. The lowest BCUT2D eigenvalue weighted by molar-refractivity contribution is 0.102. The second kappa shape index (κ2) is 8.34. The number of halogens is 1. The molecule has 0 unspecified atom stereocenters. The quantitative estimate of drug-likeness (QED) is 0.337. The van der Waals surface area contributed by atoms with Gasteiger partial charge in [-0.15, -0.1) is 11.3 Å². The lowest BCUT2D eigenvalue weighted by atomic mass is 10.1. The molecular formula is C24H16ClN3O2S. The molecule has 0 aliphatic carbocycles. The van der Waals surface area contributed by atoms with E-state index >= 15 is 0 Å². The molecular weight excluding hydrogens is 430 g/mol. The highest BCUT2D eigenvalue weighted by molar-refractivity contribution is 7.15. The van der Waals surface area contributed by atoms with Gasteiger partial charge in [-0.3, -0.25) is 10.1 Å². The molecule has 0 saturated carbocycles. The van der Waals surface area contributed by atoms with E-state index in [9.17, 15) is 4.79 Å². The maximum Gasteiger partial charge on any atom is 0.257 e. The smallest absolute Gasteiger partial charge is 0.257 e. The monoisotopic (exact) mass is 445 g/mol. The van der Waals surface area contributed by atoms with E-state index in [1.165, 1.54) is 16.9 Å². The van der Waals surface area contributed by atoms with Crippen molar-refractivity contribution in [1.82, 2.24) is 10.1 Å². The molecule has 2 heterocycles. The largest absolute Gasteiger partial charge is 0.355 e. The number of rotatable bonds is 5. The number of hydrogen-bond acceptors (Lipinski definition) is 5. The van der Waals surface area contributed by atoms with Crippen LogP contribution in [0, 0.1) is 0 Å². The van der Waals surface area contributed by atoms with Crippen molar-refractivity contribution in [2.75, 3.05) is 5.32 Å². The van der Waals surface area contributed by atoms with Gasteiger partial charge in [0.2, 0.25) is 0 Å². The van der Waals surface area contributed by atoms with Crippen molar-refractivity contribution < 1.29 is 9.32 Å². The third kappa shape index (κ3) is 4.21. The van der Waals surface area contributed by atoms with E-state index in [1.54, 1.807) is 36.5 Å². The Labute approximate surface area is 187 Å². The van der Waals surface area contributed by atoms with Crippen molar-refractivity contribution in [2.45, 2.75) is 6.42 Å². The van der Waals surface area contributed by atoms with Crippen molar-refractivity contribution >= 4 is 44.9 Å². The van der Waals surface area contributed by atoms with Gasteiger partial charge in [0.25, 0.3) is 5.91 Å². The Kier molecular flexibility index (Phi) is 5.24. The van der Waals surface area contributed by atoms with Gasteiger partial charge in [-0.05, 0) is 48.0 Å². The predicted molar refractivity (Wildman–Crippen MR) is 124 cm³/mol. The zero-order chi connectivity index (χ0) is 21.2. The lowest BCUT2D eigenvalue weighted by Gasteiger charge is -2.02. The second-order valence-corrected chi connectivity index (χ2v) is 8.55. The van der Waals surface area contributed by atoms with Crippen LogP contribution >= 0.6 is 22.9 Å². The summed E-state index contributed by atoms with van der Waals surface area (Å²) in [5.41, 5.74) is 3.23. The molecule has 0 spiro atoms. The fraction of sp³-hybridized carbons (Fsp3) is 0.0417. The van der Waals surface area contributed by atoms with E-state index in [1.807, 2.05) is 30.3 Å². The first kappa shape index (κ1) is 19.5. The number of thiazole rings is 1. The van der Waals surface area contributed by atoms with Crippen molar-refractivity contribution in [2.24, 2.45) is 0 Å². The van der Waals surface area contributed by atoms with Gasteiger partial charge in [-0.25, -0.2) is 4.98 Å². The molecule has 0 radical (unpaired) electrons. The number of nitrogens with zero attached hydrogens (tertiary/aromatic N) is 2. The molecule has 3 aromatic carbocycles. The maximum absolute atomic E-state index is 12.8. The third-order valence-corrected chi connectivity index (χ3v) is 6.00. The summed E-state index contributed by atoms with van der Waals surface area (Å²) in [5, 5.41) is 8.96. The zero-order valence-electron chi connectivity index (χ0n) is 16.2. The van der Waals surface area contributed by atoms with E-state index < -0.39 is 0 Å². The van der Waals surface area contributed by atoms with Crippen LogP contribution in [-0.2, 0) is 6.42 Å². The van der Waals surface area contributed by atoms with Crippen LogP contribution in [0.5, 0.6) is 0 Å². The first-order chi connectivity index (χ1) is 15.2. The van der Waals surface area contributed by atoms with E-state index in [0.717, 1.165) is 22.2 Å². The molecule has 0 aliphatic heterocycles. The molecule has 0 saturated heterocycles. The van der Waals surface area contributed by atoms with Crippen LogP contribution in [-0.4, -0.2) is 16.0 Å². The molecule has 1 amide bonds. The first-order valence-electron chi connectivity index (χ1n) is 9.61. The summed E-state index contributed by atoms with van der Waals surface area (Å²) in [4.78, 5) is 18.3. The molecule has 0 bridgehead atoms. The van der Waals surface area contributed by atoms with Crippen molar-refractivity contribution in [3.05, 3.63) is 100 Å². The first-order valence-corrected chi connectivity index (χ1v) is 10.8. The van der Waals surface area contributed by atoms with Crippen LogP contribution in [0.4, 0.5) is 5.13 Å². The Morgan fingerprint density at radius 3 is 2.65 bits per heavy atom. The normalized spacial score (nSPS) is 11.0. The van der Waals surface area contributed by atoms with Crippen LogP contribution in [0.1, 0.15) is 20.8 Å². The summed E-state index contributed by atoms with van der Waals surface area (Å²) in [6.07, 6.45) is 2.58. The molecule has 5 nitrogen and oxygen atoms in total. The van der Waals surface area contributed by atoms with Crippen LogP contribution in [0.3, 0.4) is 0 Å². The lowest BCUT2D eigenvalue weighted by Crippen LogP contribution is -2.11. The van der Waals surface area contributed by atoms with Gasteiger partial charge < -0.3 is 4.52 Å². The summed E-state index contributed by atoms with van der Waals surface area (Å²) in [7, 11) is 0. The number of benzene rings is 3. The Morgan fingerprint density at radius 1 is 1.03 bits per heavy atom. The fourth-order valence-corrected chi connectivity index (χ4v) is 4.27. The molecule has 0 fully saturated rings. The van der Waals surface area contributed by atoms with Crippen LogP contribution in [0.25, 0.3) is 22.2 Å². The van der Waals surface area contributed by atoms with E-state index in [-0.39, 0.29) is 5.91 Å². The Balaban J connectivity index is 1.36. The molecule has 0 atom stereocenters. The minimum absolute atomic E-state index is 0.231.